The Hall–Kier alpha value is -3.31. The van der Waals surface area contributed by atoms with E-state index in [2.05, 4.69) is 40.9 Å². The lowest BCUT2D eigenvalue weighted by Crippen LogP contribution is -2.13. The zero-order valence-corrected chi connectivity index (χ0v) is 21.0. The molecule has 0 heterocycles. The lowest BCUT2D eigenvalue weighted by Gasteiger charge is -2.14. The summed E-state index contributed by atoms with van der Waals surface area (Å²) in [4.78, 5) is 12.6. The number of amides is 1. The molecule has 0 aliphatic carbocycles. The summed E-state index contributed by atoms with van der Waals surface area (Å²) in [7, 11) is 1.57. The van der Waals surface area contributed by atoms with Crippen molar-refractivity contribution in [2.75, 3.05) is 12.4 Å². The van der Waals surface area contributed by atoms with E-state index in [1.807, 2.05) is 61.5 Å². The molecule has 0 atom stereocenters. The van der Waals surface area contributed by atoms with Crippen LogP contribution in [0, 0.1) is 21.8 Å². The predicted octanol–water partition coefficient (Wildman–Crippen LogP) is 6.30. The second kappa shape index (κ2) is 11.5. The highest BCUT2D eigenvalue weighted by atomic mass is 127. The van der Waals surface area contributed by atoms with Gasteiger partial charge in [-0.2, -0.15) is 5.26 Å². The number of aryl methyl sites for hydroxylation is 2. The zero-order chi connectivity index (χ0) is 23.8. The number of rotatable bonds is 8. The predicted molar refractivity (Wildman–Crippen MR) is 139 cm³/mol. The van der Waals surface area contributed by atoms with Crippen LogP contribution >= 0.6 is 22.6 Å². The van der Waals surface area contributed by atoms with Crippen molar-refractivity contribution in [3.8, 4) is 17.6 Å². The van der Waals surface area contributed by atoms with Crippen LogP contribution in [0.1, 0.15) is 29.2 Å². The third kappa shape index (κ3) is 6.59. The van der Waals surface area contributed by atoms with Gasteiger partial charge < -0.3 is 14.8 Å². The molecule has 0 spiro atoms. The lowest BCUT2D eigenvalue weighted by molar-refractivity contribution is -0.112. The second-order valence-electron chi connectivity index (χ2n) is 7.49. The van der Waals surface area contributed by atoms with Crippen molar-refractivity contribution in [1.29, 1.82) is 5.26 Å². The molecule has 3 rings (SSSR count). The molecule has 0 unspecified atom stereocenters. The fraction of sp³-hybridized carbons (Fsp3) is 0.185. The summed E-state index contributed by atoms with van der Waals surface area (Å²) in [6.07, 6.45) is 2.47. The molecule has 1 N–H and O–H groups in total. The smallest absolute Gasteiger partial charge is 0.266 e. The quantitative estimate of drug-likeness (QED) is 0.203. The van der Waals surface area contributed by atoms with E-state index in [4.69, 9.17) is 9.47 Å². The van der Waals surface area contributed by atoms with E-state index < -0.39 is 5.91 Å². The van der Waals surface area contributed by atoms with Crippen LogP contribution in [0.15, 0.2) is 66.2 Å². The maximum atomic E-state index is 12.6. The number of methoxy groups -OCH3 is 1. The number of anilines is 1. The minimum absolute atomic E-state index is 0.000787. The number of hydrogen-bond acceptors (Lipinski definition) is 4. The van der Waals surface area contributed by atoms with Crippen LogP contribution in [0.3, 0.4) is 0 Å². The molecule has 3 aromatic rings. The first-order valence-corrected chi connectivity index (χ1v) is 11.6. The average molecular weight is 552 g/mol. The van der Waals surface area contributed by atoms with Crippen molar-refractivity contribution >= 4 is 40.3 Å². The Bertz CT molecular complexity index is 1210. The highest BCUT2D eigenvalue weighted by molar-refractivity contribution is 14.1. The maximum absolute atomic E-state index is 12.6. The van der Waals surface area contributed by atoms with Crippen molar-refractivity contribution in [2.45, 2.75) is 26.9 Å². The number of carbonyl (C=O) groups is 1. The van der Waals surface area contributed by atoms with Gasteiger partial charge in [0, 0.05) is 5.69 Å². The minimum atomic E-state index is -0.463. The van der Waals surface area contributed by atoms with Gasteiger partial charge in [-0.05, 0) is 83.0 Å². The standard InChI is InChI=1S/C27H25IN2O3/c1-4-19-8-10-23(11-9-19)30-27(31)22(16-29)13-21-14-24(28)26(25(15-21)32-3)33-17-20-7-5-6-18(2)12-20/h5-15H,4,17H2,1-3H3,(H,30,31)/b22-13+. The molecule has 0 aliphatic rings. The summed E-state index contributed by atoms with van der Waals surface area (Å²) in [6.45, 7) is 4.52. The summed E-state index contributed by atoms with van der Waals surface area (Å²) in [5.41, 5.74) is 4.72. The first-order chi connectivity index (χ1) is 15.9. The van der Waals surface area contributed by atoms with Gasteiger partial charge in [0.05, 0.1) is 10.7 Å². The second-order valence-corrected chi connectivity index (χ2v) is 8.65. The van der Waals surface area contributed by atoms with Crippen molar-refractivity contribution in [2.24, 2.45) is 0 Å². The number of halogens is 1. The summed E-state index contributed by atoms with van der Waals surface area (Å²) in [5.74, 6) is 0.694. The zero-order valence-electron chi connectivity index (χ0n) is 18.8. The van der Waals surface area contributed by atoms with Gasteiger partial charge in [0.25, 0.3) is 5.91 Å². The first-order valence-electron chi connectivity index (χ1n) is 10.5. The Kier molecular flexibility index (Phi) is 8.50. The van der Waals surface area contributed by atoms with Crippen LogP contribution in [-0.2, 0) is 17.8 Å². The molecule has 0 aliphatic heterocycles. The maximum Gasteiger partial charge on any atom is 0.266 e. The van der Waals surface area contributed by atoms with E-state index in [0.29, 0.717) is 29.4 Å². The summed E-state index contributed by atoms with van der Waals surface area (Å²) < 4.78 is 12.4. The van der Waals surface area contributed by atoms with Crippen molar-refractivity contribution in [3.63, 3.8) is 0 Å². The number of nitrogens with zero attached hydrogens (tertiary/aromatic N) is 1. The molecule has 6 heteroatoms. The molecule has 3 aromatic carbocycles. The fourth-order valence-corrected chi connectivity index (χ4v) is 4.04. The van der Waals surface area contributed by atoms with Crippen molar-refractivity contribution < 1.29 is 14.3 Å². The summed E-state index contributed by atoms with van der Waals surface area (Å²) >= 11 is 2.17. The molecular weight excluding hydrogens is 527 g/mol. The van der Waals surface area contributed by atoms with Crippen LogP contribution in [0.25, 0.3) is 6.08 Å². The molecule has 0 aromatic heterocycles. The molecule has 1 amide bonds. The van der Waals surface area contributed by atoms with E-state index in [1.54, 1.807) is 19.3 Å². The lowest BCUT2D eigenvalue weighted by atomic mass is 10.1. The third-order valence-corrected chi connectivity index (χ3v) is 5.81. The van der Waals surface area contributed by atoms with E-state index in [0.717, 1.165) is 15.6 Å². The normalized spacial score (nSPS) is 10.9. The monoisotopic (exact) mass is 552 g/mol. The number of nitriles is 1. The van der Waals surface area contributed by atoms with Gasteiger partial charge in [0.1, 0.15) is 18.2 Å². The van der Waals surface area contributed by atoms with E-state index in [9.17, 15) is 10.1 Å². The van der Waals surface area contributed by atoms with Gasteiger partial charge in [-0.3, -0.25) is 4.79 Å². The molecule has 0 radical (unpaired) electrons. The fourth-order valence-electron chi connectivity index (χ4n) is 3.26. The number of hydrogen-bond donors (Lipinski definition) is 1. The number of nitrogens with one attached hydrogen (secondary N) is 1. The van der Waals surface area contributed by atoms with Crippen LogP contribution < -0.4 is 14.8 Å². The van der Waals surface area contributed by atoms with E-state index in [-0.39, 0.29) is 5.57 Å². The van der Waals surface area contributed by atoms with Crippen LogP contribution in [0.2, 0.25) is 0 Å². The Labute approximate surface area is 208 Å². The Morgan fingerprint density at radius 3 is 2.52 bits per heavy atom. The van der Waals surface area contributed by atoms with Gasteiger partial charge in [0.2, 0.25) is 0 Å². The number of carbonyl (C=O) groups excluding carboxylic acids is 1. The van der Waals surface area contributed by atoms with Gasteiger partial charge in [0.15, 0.2) is 11.5 Å². The Balaban J connectivity index is 1.79. The average Bonchev–Trinajstić information content (AvgIpc) is 2.82. The molecule has 33 heavy (non-hydrogen) atoms. The first kappa shape index (κ1) is 24.3. The Morgan fingerprint density at radius 1 is 1.12 bits per heavy atom. The van der Waals surface area contributed by atoms with Gasteiger partial charge in [-0.1, -0.05) is 48.9 Å². The Morgan fingerprint density at radius 2 is 1.88 bits per heavy atom. The molecular formula is C27H25IN2O3. The SMILES string of the molecule is CCc1ccc(NC(=O)/C(C#N)=C/c2cc(I)c(OCc3cccc(C)c3)c(OC)c2)cc1. The highest BCUT2D eigenvalue weighted by Gasteiger charge is 2.14. The number of benzene rings is 3. The molecule has 0 bridgehead atoms. The van der Waals surface area contributed by atoms with Crippen molar-refractivity contribution in [1.82, 2.24) is 0 Å². The number of ether oxygens (including phenoxy) is 2. The summed E-state index contributed by atoms with van der Waals surface area (Å²) in [5, 5.41) is 12.3. The minimum Gasteiger partial charge on any atom is -0.493 e. The molecule has 0 saturated carbocycles. The molecule has 0 fully saturated rings. The molecule has 0 saturated heterocycles. The van der Waals surface area contributed by atoms with Gasteiger partial charge in [-0.15, -0.1) is 0 Å². The van der Waals surface area contributed by atoms with Crippen molar-refractivity contribution in [3.05, 3.63) is 92.1 Å². The van der Waals surface area contributed by atoms with Crippen LogP contribution in [0.4, 0.5) is 5.69 Å². The molecule has 168 valence electrons. The summed E-state index contributed by atoms with van der Waals surface area (Å²) in [6, 6.07) is 21.3. The van der Waals surface area contributed by atoms with Gasteiger partial charge in [-0.25, -0.2) is 0 Å². The van der Waals surface area contributed by atoms with Gasteiger partial charge >= 0.3 is 0 Å². The largest absolute Gasteiger partial charge is 0.493 e. The van der Waals surface area contributed by atoms with E-state index in [1.165, 1.54) is 11.1 Å². The third-order valence-electron chi connectivity index (χ3n) is 5.01. The van der Waals surface area contributed by atoms with Crippen LogP contribution in [-0.4, -0.2) is 13.0 Å². The van der Waals surface area contributed by atoms with Crippen LogP contribution in [0.5, 0.6) is 11.5 Å². The topological polar surface area (TPSA) is 71.4 Å². The molecule has 5 nitrogen and oxygen atoms in total. The highest BCUT2D eigenvalue weighted by Crippen LogP contribution is 2.35. The van der Waals surface area contributed by atoms with E-state index >= 15 is 0 Å².